The Balaban J connectivity index is 2.00. The Morgan fingerprint density at radius 2 is 1.87 bits per heavy atom. The molecule has 1 N–H and O–H groups in total. The predicted molar refractivity (Wildman–Crippen MR) is 68.2 cm³/mol. The van der Waals surface area contributed by atoms with E-state index in [4.69, 9.17) is 23.2 Å². The number of thioether (sulfide) groups is 1. The van der Waals surface area contributed by atoms with E-state index in [0.717, 1.165) is 13.1 Å². The lowest BCUT2D eigenvalue weighted by Gasteiger charge is -2.22. The van der Waals surface area contributed by atoms with Crippen molar-refractivity contribution in [1.82, 2.24) is 5.32 Å². The summed E-state index contributed by atoms with van der Waals surface area (Å²) in [5, 5.41) is 5.35. The van der Waals surface area contributed by atoms with Crippen LogP contribution in [0.25, 0.3) is 0 Å². The van der Waals surface area contributed by atoms with Crippen LogP contribution in [0.15, 0.2) is 23.1 Å². The maximum Gasteiger partial charge on any atom is 0.0603 e. The Morgan fingerprint density at radius 1 is 1.13 bits per heavy atom. The van der Waals surface area contributed by atoms with Crippen LogP contribution in [-0.4, -0.2) is 18.3 Å². The summed E-state index contributed by atoms with van der Waals surface area (Å²) in [6.45, 7) is 2.25. The molecule has 2 rings (SSSR count). The summed E-state index contributed by atoms with van der Waals surface area (Å²) in [7, 11) is 0. The van der Waals surface area contributed by atoms with Crippen molar-refractivity contribution in [2.24, 2.45) is 0 Å². The summed E-state index contributed by atoms with van der Waals surface area (Å²) >= 11 is 13.8. The van der Waals surface area contributed by atoms with Crippen LogP contribution in [0.2, 0.25) is 10.0 Å². The molecule has 82 valence electrons. The fraction of sp³-hybridized carbons (Fsp3) is 0.455. The molecule has 4 heteroatoms. The summed E-state index contributed by atoms with van der Waals surface area (Å²) in [6, 6.07) is 5.87. The number of rotatable bonds is 2. The monoisotopic (exact) mass is 261 g/mol. The SMILES string of the molecule is Clc1ccc(SC2CCNCC2)cc1Cl. The van der Waals surface area contributed by atoms with Crippen molar-refractivity contribution >= 4 is 35.0 Å². The maximum absolute atomic E-state index is 5.97. The summed E-state index contributed by atoms with van der Waals surface area (Å²) in [5.74, 6) is 0. The van der Waals surface area contributed by atoms with E-state index in [1.807, 2.05) is 30.0 Å². The highest BCUT2D eigenvalue weighted by molar-refractivity contribution is 8.00. The van der Waals surface area contributed by atoms with Crippen molar-refractivity contribution in [2.45, 2.75) is 23.0 Å². The predicted octanol–water partition coefficient (Wildman–Crippen LogP) is 3.84. The van der Waals surface area contributed by atoms with E-state index in [2.05, 4.69) is 5.32 Å². The van der Waals surface area contributed by atoms with Crippen molar-refractivity contribution in [1.29, 1.82) is 0 Å². The van der Waals surface area contributed by atoms with Crippen molar-refractivity contribution in [3.8, 4) is 0 Å². The molecule has 0 atom stereocenters. The van der Waals surface area contributed by atoms with Crippen molar-refractivity contribution in [2.75, 3.05) is 13.1 Å². The van der Waals surface area contributed by atoms with Gasteiger partial charge in [-0.25, -0.2) is 0 Å². The summed E-state index contributed by atoms with van der Waals surface area (Å²) in [4.78, 5) is 1.22. The molecule has 0 aromatic heterocycles. The molecule has 0 bridgehead atoms. The van der Waals surface area contributed by atoms with Gasteiger partial charge in [0.05, 0.1) is 10.0 Å². The van der Waals surface area contributed by atoms with Crippen LogP contribution >= 0.6 is 35.0 Å². The van der Waals surface area contributed by atoms with Gasteiger partial charge in [-0.15, -0.1) is 11.8 Å². The van der Waals surface area contributed by atoms with Gasteiger partial charge < -0.3 is 5.32 Å². The Labute approximate surface area is 105 Å². The quantitative estimate of drug-likeness (QED) is 0.869. The number of benzene rings is 1. The molecule has 1 saturated heterocycles. The second kappa shape index (κ2) is 5.44. The molecule has 1 aliphatic rings. The van der Waals surface area contributed by atoms with Gasteiger partial charge in [0.25, 0.3) is 0 Å². The van der Waals surface area contributed by atoms with Crippen molar-refractivity contribution < 1.29 is 0 Å². The van der Waals surface area contributed by atoms with Gasteiger partial charge in [0.15, 0.2) is 0 Å². The zero-order chi connectivity index (χ0) is 10.7. The lowest BCUT2D eigenvalue weighted by Crippen LogP contribution is -2.29. The molecule has 0 aliphatic carbocycles. The molecule has 0 radical (unpaired) electrons. The zero-order valence-electron chi connectivity index (χ0n) is 8.30. The topological polar surface area (TPSA) is 12.0 Å². The summed E-state index contributed by atoms with van der Waals surface area (Å²) in [5.41, 5.74) is 0. The van der Waals surface area contributed by atoms with E-state index in [0.29, 0.717) is 15.3 Å². The minimum absolute atomic E-state index is 0.631. The van der Waals surface area contributed by atoms with Gasteiger partial charge in [0.1, 0.15) is 0 Å². The first-order chi connectivity index (χ1) is 7.25. The highest BCUT2D eigenvalue weighted by Gasteiger charge is 2.14. The summed E-state index contributed by atoms with van der Waals surface area (Å²) in [6.07, 6.45) is 2.45. The molecule has 1 aromatic carbocycles. The summed E-state index contributed by atoms with van der Waals surface area (Å²) < 4.78 is 0. The second-order valence-corrected chi connectivity index (χ2v) is 5.83. The number of halogens is 2. The van der Waals surface area contributed by atoms with Crippen LogP contribution < -0.4 is 5.32 Å². The number of hydrogen-bond donors (Lipinski definition) is 1. The van der Waals surface area contributed by atoms with Crippen LogP contribution in [0.1, 0.15) is 12.8 Å². The molecule has 1 aliphatic heterocycles. The van der Waals surface area contributed by atoms with E-state index in [-0.39, 0.29) is 0 Å². The Bertz CT molecular complexity index is 337. The van der Waals surface area contributed by atoms with E-state index < -0.39 is 0 Å². The molecule has 0 saturated carbocycles. The number of hydrogen-bond acceptors (Lipinski definition) is 2. The van der Waals surface area contributed by atoms with Crippen LogP contribution in [0, 0.1) is 0 Å². The standard InChI is InChI=1S/C11H13Cl2NS/c12-10-2-1-9(7-11(10)13)15-8-3-5-14-6-4-8/h1-2,7-8,14H,3-6H2. The first-order valence-electron chi connectivity index (χ1n) is 5.08. The first-order valence-corrected chi connectivity index (χ1v) is 6.72. The third-order valence-corrected chi connectivity index (χ3v) is 4.55. The van der Waals surface area contributed by atoms with Gasteiger partial charge >= 0.3 is 0 Å². The van der Waals surface area contributed by atoms with Crippen LogP contribution in [0.3, 0.4) is 0 Å². The van der Waals surface area contributed by atoms with E-state index >= 15 is 0 Å². The molecule has 0 unspecified atom stereocenters. The highest BCUT2D eigenvalue weighted by Crippen LogP contribution is 2.32. The lowest BCUT2D eigenvalue weighted by molar-refractivity contribution is 0.531. The average molecular weight is 262 g/mol. The lowest BCUT2D eigenvalue weighted by atomic mass is 10.2. The van der Waals surface area contributed by atoms with Gasteiger partial charge in [-0.1, -0.05) is 23.2 Å². The number of nitrogens with one attached hydrogen (secondary N) is 1. The van der Waals surface area contributed by atoms with Gasteiger partial charge in [-0.05, 0) is 44.1 Å². The molecule has 1 fully saturated rings. The van der Waals surface area contributed by atoms with Gasteiger partial charge in [-0.2, -0.15) is 0 Å². The van der Waals surface area contributed by atoms with Gasteiger partial charge in [0, 0.05) is 10.1 Å². The van der Waals surface area contributed by atoms with Crippen LogP contribution in [0.4, 0.5) is 0 Å². The second-order valence-electron chi connectivity index (χ2n) is 3.64. The van der Waals surface area contributed by atoms with Crippen molar-refractivity contribution in [3.63, 3.8) is 0 Å². The zero-order valence-corrected chi connectivity index (χ0v) is 10.6. The molecule has 0 spiro atoms. The molecule has 0 amide bonds. The largest absolute Gasteiger partial charge is 0.317 e. The first kappa shape index (κ1) is 11.6. The Morgan fingerprint density at radius 3 is 2.53 bits per heavy atom. The normalized spacial score (nSPS) is 18.0. The fourth-order valence-electron chi connectivity index (χ4n) is 1.66. The molecular weight excluding hydrogens is 249 g/mol. The minimum Gasteiger partial charge on any atom is -0.317 e. The molecule has 1 aromatic rings. The van der Waals surface area contributed by atoms with Gasteiger partial charge in [-0.3, -0.25) is 0 Å². The number of piperidine rings is 1. The highest BCUT2D eigenvalue weighted by atomic mass is 35.5. The van der Waals surface area contributed by atoms with E-state index in [1.54, 1.807) is 0 Å². The fourth-order valence-corrected chi connectivity index (χ4v) is 3.21. The van der Waals surface area contributed by atoms with Crippen LogP contribution in [0.5, 0.6) is 0 Å². The Hall–Kier alpha value is 0.110. The molecule has 1 heterocycles. The third-order valence-electron chi connectivity index (χ3n) is 2.48. The van der Waals surface area contributed by atoms with Gasteiger partial charge in [0.2, 0.25) is 0 Å². The van der Waals surface area contributed by atoms with Crippen LogP contribution in [-0.2, 0) is 0 Å². The smallest absolute Gasteiger partial charge is 0.0603 e. The average Bonchev–Trinajstić information content (AvgIpc) is 2.25. The van der Waals surface area contributed by atoms with E-state index in [9.17, 15) is 0 Å². The third kappa shape index (κ3) is 3.28. The molecule has 15 heavy (non-hydrogen) atoms. The molecular formula is C11H13Cl2NS. The maximum atomic E-state index is 5.97. The minimum atomic E-state index is 0.631. The van der Waals surface area contributed by atoms with Crippen molar-refractivity contribution in [3.05, 3.63) is 28.2 Å². The van der Waals surface area contributed by atoms with E-state index in [1.165, 1.54) is 17.7 Å². The molecule has 1 nitrogen and oxygen atoms in total. The Kier molecular flexibility index (Phi) is 4.21.